The summed E-state index contributed by atoms with van der Waals surface area (Å²) in [6, 6.07) is 3.12. The number of rotatable bonds is 4. The quantitative estimate of drug-likeness (QED) is 0.834. The fourth-order valence-electron chi connectivity index (χ4n) is 1.51. The Morgan fingerprint density at radius 3 is 2.53 bits per heavy atom. The number of alkyl halides is 3. The zero-order valence-corrected chi connectivity index (χ0v) is 9.22. The Morgan fingerprint density at radius 1 is 1.35 bits per heavy atom. The predicted octanol–water partition coefficient (Wildman–Crippen LogP) is 3.18. The number of hydrogen-bond donors (Lipinski definition) is 1. The van der Waals surface area contributed by atoms with Crippen LogP contribution in [-0.2, 0) is 0 Å². The van der Waals surface area contributed by atoms with Crippen LogP contribution in [0.3, 0.4) is 0 Å². The van der Waals surface area contributed by atoms with Crippen molar-refractivity contribution in [2.75, 3.05) is 7.11 Å². The Kier molecular flexibility index (Phi) is 4.34. The van der Waals surface area contributed by atoms with Crippen molar-refractivity contribution >= 4 is 0 Å². The molecule has 0 fully saturated rings. The minimum atomic E-state index is -4.27. The van der Waals surface area contributed by atoms with Gasteiger partial charge in [-0.15, -0.1) is 0 Å². The van der Waals surface area contributed by atoms with Crippen molar-refractivity contribution in [3.05, 3.63) is 29.6 Å². The van der Waals surface area contributed by atoms with Crippen molar-refractivity contribution in [2.45, 2.75) is 25.1 Å². The van der Waals surface area contributed by atoms with Gasteiger partial charge in [0.1, 0.15) is 0 Å². The van der Waals surface area contributed by atoms with E-state index < -0.39 is 24.5 Å². The average Bonchev–Trinajstić information content (AvgIpc) is 2.24. The van der Waals surface area contributed by atoms with Crippen molar-refractivity contribution in [2.24, 2.45) is 5.73 Å². The normalized spacial score (nSPS) is 13.5. The highest BCUT2D eigenvalue weighted by Crippen LogP contribution is 2.31. The van der Waals surface area contributed by atoms with Gasteiger partial charge in [-0.1, -0.05) is 12.1 Å². The van der Waals surface area contributed by atoms with E-state index in [1.165, 1.54) is 25.3 Å². The minimum absolute atomic E-state index is 0.0952. The standard InChI is InChI=1S/C11H13F4NO/c1-17-10-7(3-2-4-8(10)12)9(16)5-6-11(13,14)15/h2-4,9H,5-6,16H2,1H3/t9-/m0/s1. The van der Waals surface area contributed by atoms with Crippen LogP contribution in [0.25, 0.3) is 0 Å². The van der Waals surface area contributed by atoms with Gasteiger partial charge in [0, 0.05) is 18.0 Å². The summed E-state index contributed by atoms with van der Waals surface area (Å²) in [6.45, 7) is 0. The Morgan fingerprint density at radius 2 is 2.00 bits per heavy atom. The number of ether oxygens (including phenoxy) is 1. The van der Waals surface area contributed by atoms with Crippen LogP contribution in [0.1, 0.15) is 24.4 Å². The largest absolute Gasteiger partial charge is 0.493 e. The molecule has 0 heterocycles. The molecule has 6 heteroatoms. The van der Waals surface area contributed by atoms with Crippen LogP contribution < -0.4 is 10.5 Å². The lowest BCUT2D eigenvalue weighted by Gasteiger charge is -2.16. The molecule has 0 amide bonds. The van der Waals surface area contributed by atoms with Crippen LogP contribution in [0, 0.1) is 5.82 Å². The highest BCUT2D eigenvalue weighted by Gasteiger charge is 2.28. The van der Waals surface area contributed by atoms with Crippen LogP contribution in [0.15, 0.2) is 18.2 Å². The van der Waals surface area contributed by atoms with Crippen molar-refractivity contribution in [3.8, 4) is 5.75 Å². The molecule has 1 rings (SSSR count). The summed E-state index contributed by atoms with van der Waals surface area (Å²) < 4.78 is 54.2. The lowest BCUT2D eigenvalue weighted by atomic mass is 10.0. The maximum absolute atomic E-state index is 13.3. The summed E-state index contributed by atoms with van der Waals surface area (Å²) in [5.41, 5.74) is 5.85. The maximum Gasteiger partial charge on any atom is 0.389 e. The van der Waals surface area contributed by atoms with Gasteiger partial charge < -0.3 is 10.5 Å². The molecule has 0 saturated heterocycles. The molecule has 0 unspecified atom stereocenters. The Balaban J connectivity index is 2.82. The van der Waals surface area contributed by atoms with E-state index in [9.17, 15) is 17.6 Å². The highest BCUT2D eigenvalue weighted by molar-refractivity contribution is 5.37. The molecular weight excluding hydrogens is 238 g/mol. The average molecular weight is 251 g/mol. The second-order valence-corrected chi connectivity index (χ2v) is 3.62. The van der Waals surface area contributed by atoms with Gasteiger partial charge in [-0.2, -0.15) is 13.2 Å². The van der Waals surface area contributed by atoms with Gasteiger partial charge in [-0.25, -0.2) is 4.39 Å². The minimum Gasteiger partial charge on any atom is -0.493 e. The molecule has 1 atom stereocenters. The van der Waals surface area contributed by atoms with E-state index >= 15 is 0 Å². The summed E-state index contributed by atoms with van der Waals surface area (Å²) in [5, 5.41) is 0. The number of methoxy groups -OCH3 is 1. The molecule has 2 nitrogen and oxygen atoms in total. The summed E-state index contributed by atoms with van der Waals surface area (Å²) in [6.07, 6.45) is -5.57. The van der Waals surface area contributed by atoms with Gasteiger partial charge in [0.2, 0.25) is 0 Å². The molecule has 17 heavy (non-hydrogen) atoms. The maximum atomic E-state index is 13.3. The third kappa shape index (κ3) is 3.89. The molecule has 0 aromatic heterocycles. The summed E-state index contributed by atoms with van der Waals surface area (Å²) >= 11 is 0. The first-order valence-electron chi connectivity index (χ1n) is 5.00. The zero-order valence-electron chi connectivity index (χ0n) is 9.22. The fourth-order valence-corrected chi connectivity index (χ4v) is 1.51. The molecule has 1 aromatic rings. The smallest absolute Gasteiger partial charge is 0.389 e. The van der Waals surface area contributed by atoms with Crippen molar-refractivity contribution < 1.29 is 22.3 Å². The summed E-state index contributed by atoms with van der Waals surface area (Å²) in [7, 11) is 1.25. The van der Waals surface area contributed by atoms with Crippen molar-refractivity contribution in [3.63, 3.8) is 0 Å². The number of hydrogen-bond acceptors (Lipinski definition) is 2. The monoisotopic (exact) mass is 251 g/mol. The molecule has 0 bridgehead atoms. The van der Waals surface area contributed by atoms with E-state index in [-0.39, 0.29) is 17.7 Å². The Bertz CT molecular complexity index is 378. The molecule has 0 radical (unpaired) electrons. The lowest BCUT2D eigenvalue weighted by Crippen LogP contribution is -2.16. The van der Waals surface area contributed by atoms with Gasteiger partial charge in [0.15, 0.2) is 11.6 Å². The predicted molar refractivity (Wildman–Crippen MR) is 55.2 cm³/mol. The molecule has 2 N–H and O–H groups in total. The third-order valence-corrected chi connectivity index (χ3v) is 2.34. The lowest BCUT2D eigenvalue weighted by molar-refractivity contribution is -0.136. The first-order valence-corrected chi connectivity index (χ1v) is 5.00. The van der Waals surface area contributed by atoms with Gasteiger partial charge in [0.05, 0.1) is 7.11 Å². The molecular formula is C11H13F4NO. The van der Waals surface area contributed by atoms with Gasteiger partial charge in [-0.05, 0) is 12.5 Å². The molecule has 0 aliphatic carbocycles. The highest BCUT2D eigenvalue weighted by atomic mass is 19.4. The topological polar surface area (TPSA) is 35.2 Å². The van der Waals surface area contributed by atoms with Crippen LogP contribution in [0.5, 0.6) is 5.75 Å². The molecule has 0 aliphatic rings. The van der Waals surface area contributed by atoms with Gasteiger partial charge in [0.25, 0.3) is 0 Å². The van der Waals surface area contributed by atoms with E-state index in [2.05, 4.69) is 0 Å². The van der Waals surface area contributed by atoms with E-state index in [1.807, 2.05) is 0 Å². The zero-order chi connectivity index (χ0) is 13.1. The number of benzene rings is 1. The molecule has 1 aromatic carbocycles. The first-order chi connectivity index (χ1) is 7.85. The molecule has 0 spiro atoms. The van der Waals surface area contributed by atoms with Gasteiger partial charge in [-0.3, -0.25) is 0 Å². The Labute approximate surface area is 96.4 Å². The number of halogens is 4. The van der Waals surface area contributed by atoms with Crippen molar-refractivity contribution in [1.82, 2.24) is 0 Å². The third-order valence-electron chi connectivity index (χ3n) is 2.34. The molecule has 0 saturated carbocycles. The second-order valence-electron chi connectivity index (χ2n) is 3.62. The van der Waals surface area contributed by atoms with Gasteiger partial charge >= 0.3 is 6.18 Å². The second kappa shape index (κ2) is 5.35. The summed E-state index contributed by atoms with van der Waals surface area (Å²) in [4.78, 5) is 0. The Hall–Kier alpha value is -1.30. The SMILES string of the molecule is COc1c(F)cccc1[C@@H](N)CCC(F)(F)F. The van der Waals surface area contributed by atoms with Crippen LogP contribution in [0.2, 0.25) is 0 Å². The fraction of sp³-hybridized carbons (Fsp3) is 0.455. The van der Waals surface area contributed by atoms with Crippen LogP contribution in [-0.4, -0.2) is 13.3 Å². The first kappa shape index (κ1) is 13.8. The van der Waals surface area contributed by atoms with Crippen molar-refractivity contribution in [1.29, 1.82) is 0 Å². The molecule has 0 aliphatic heterocycles. The van der Waals surface area contributed by atoms with Crippen LogP contribution in [0.4, 0.5) is 17.6 Å². The van der Waals surface area contributed by atoms with Crippen LogP contribution >= 0.6 is 0 Å². The van der Waals surface area contributed by atoms with E-state index in [0.29, 0.717) is 0 Å². The van der Waals surface area contributed by atoms with E-state index in [4.69, 9.17) is 10.5 Å². The molecule has 96 valence electrons. The number of nitrogens with two attached hydrogens (primary N) is 1. The van der Waals surface area contributed by atoms with E-state index in [0.717, 1.165) is 0 Å². The number of para-hydroxylation sites is 1. The summed E-state index contributed by atoms with van der Waals surface area (Å²) in [5.74, 6) is -0.727. The van der Waals surface area contributed by atoms with E-state index in [1.54, 1.807) is 0 Å².